The van der Waals surface area contributed by atoms with Gasteiger partial charge in [-0.15, -0.1) is 11.8 Å². The van der Waals surface area contributed by atoms with Crippen molar-refractivity contribution < 1.29 is 14.4 Å². The largest absolute Gasteiger partial charge is 0.366 e. The molecule has 0 bridgehead atoms. The van der Waals surface area contributed by atoms with Gasteiger partial charge in [-0.3, -0.25) is 14.4 Å². The monoisotopic (exact) mass is 411 g/mol. The standard InChI is InChI=1S/C22H25N3O3S/c23-21(27)15-6-8-17(9-7-15)24-20(26)14-29-19-12-10-18(11-13-19)25-22(28)16-4-2-1-3-5-16/h6-13,16H,1-5,14H2,(H2,23,27)(H,24,26)(H,25,28). The number of hydrogen-bond donors (Lipinski definition) is 3. The van der Waals surface area contributed by atoms with Crippen LogP contribution in [0.1, 0.15) is 42.5 Å². The molecule has 4 N–H and O–H groups in total. The van der Waals surface area contributed by atoms with Gasteiger partial charge >= 0.3 is 0 Å². The molecule has 29 heavy (non-hydrogen) atoms. The molecule has 6 nitrogen and oxygen atoms in total. The second kappa shape index (κ2) is 10.1. The Morgan fingerprint density at radius 3 is 2.07 bits per heavy atom. The number of rotatable bonds is 7. The molecule has 7 heteroatoms. The Hall–Kier alpha value is -2.80. The zero-order valence-electron chi connectivity index (χ0n) is 16.1. The van der Waals surface area contributed by atoms with Crippen LogP contribution in [0.4, 0.5) is 11.4 Å². The first-order valence-electron chi connectivity index (χ1n) is 9.75. The van der Waals surface area contributed by atoms with E-state index < -0.39 is 5.91 Å². The zero-order valence-corrected chi connectivity index (χ0v) is 17.0. The van der Waals surface area contributed by atoms with Crippen molar-refractivity contribution in [2.75, 3.05) is 16.4 Å². The maximum Gasteiger partial charge on any atom is 0.248 e. The summed E-state index contributed by atoms with van der Waals surface area (Å²) in [7, 11) is 0. The fourth-order valence-electron chi connectivity index (χ4n) is 3.31. The molecule has 0 atom stereocenters. The van der Waals surface area contributed by atoms with E-state index in [4.69, 9.17) is 5.73 Å². The van der Waals surface area contributed by atoms with Crippen molar-refractivity contribution in [1.82, 2.24) is 0 Å². The predicted octanol–water partition coefficient (Wildman–Crippen LogP) is 4.04. The van der Waals surface area contributed by atoms with E-state index in [9.17, 15) is 14.4 Å². The lowest BCUT2D eigenvalue weighted by molar-refractivity contribution is -0.120. The summed E-state index contributed by atoms with van der Waals surface area (Å²) >= 11 is 1.41. The minimum atomic E-state index is -0.503. The van der Waals surface area contributed by atoms with Crippen molar-refractivity contribution in [3.63, 3.8) is 0 Å². The van der Waals surface area contributed by atoms with E-state index in [1.54, 1.807) is 24.3 Å². The molecule has 0 radical (unpaired) electrons. The van der Waals surface area contributed by atoms with Crippen molar-refractivity contribution in [3.8, 4) is 0 Å². The third kappa shape index (κ3) is 6.35. The van der Waals surface area contributed by atoms with Crippen LogP contribution in [0, 0.1) is 5.92 Å². The van der Waals surface area contributed by atoms with E-state index in [0.29, 0.717) is 11.3 Å². The van der Waals surface area contributed by atoms with Gasteiger partial charge in [-0.2, -0.15) is 0 Å². The van der Waals surface area contributed by atoms with Crippen LogP contribution in [0.5, 0.6) is 0 Å². The average molecular weight is 412 g/mol. The van der Waals surface area contributed by atoms with E-state index >= 15 is 0 Å². The molecule has 2 aromatic carbocycles. The molecular weight excluding hydrogens is 386 g/mol. The fourth-order valence-corrected chi connectivity index (χ4v) is 4.01. The third-order valence-electron chi connectivity index (χ3n) is 4.92. The molecule has 3 rings (SSSR count). The van der Waals surface area contributed by atoms with Crippen molar-refractivity contribution in [3.05, 3.63) is 54.1 Å². The summed E-state index contributed by atoms with van der Waals surface area (Å²) in [5.41, 5.74) is 6.99. The van der Waals surface area contributed by atoms with Crippen LogP contribution in [0.2, 0.25) is 0 Å². The molecular formula is C22H25N3O3S. The van der Waals surface area contributed by atoms with Crippen LogP contribution in [-0.2, 0) is 9.59 Å². The lowest BCUT2D eigenvalue weighted by atomic mass is 9.88. The molecule has 3 amide bonds. The summed E-state index contributed by atoms with van der Waals surface area (Å²) < 4.78 is 0. The van der Waals surface area contributed by atoms with E-state index in [-0.39, 0.29) is 23.5 Å². The lowest BCUT2D eigenvalue weighted by Gasteiger charge is -2.20. The average Bonchev–Trinajstić information content (AvgIpc) is 2.74. The van der Waals surface area contributed by atoms with Crippen molar-refractivity contribution in [1.29, 1.82) is 0 Å². The number of nitrogens with one attached hydrogen (secondary N) is 2. The normalized spacial score (nSPS) is 14.2. The highest BCUT2D eigenvalue weighted by atomic mass is 32.2. The molecule has 0 saturated heterocycles. The number of hydrogen-bond acceptors (Lipinski definition) is 4. The first kappa shape index (κ1) is 20.9. The first-order valence-corrected chi connectivity index (χ1v) is 10.7. The van der Waals surface area contributed by atoms with Crippen LogP contribution in [0.15, 0.2) is 53.4 Å². The van der Waals surface area contributed by atoms with Crippen LogP contribution < -0.4 is 16.4 Å². The van der Waals surface area contributed by atoms with E-state index in [2.05, 4.69) is 10.6 Å². The van der Waals surface area contributed by atoms with E-state index in [1.807, 2.05) is 24.3 Å². The van der Waals surface area contributed by atoms with Crippen LogP contribution in [0.25, 0.3) is 0 Å². The molecule has 0 spiro atoms. The quantitative estimate of drug-likeness (QED) is 0.599. The Bertz CT molecular complexity index is 860. The third-order valence-corrected chi connectivity index (χ3v) is 5.93. The van der Waals surface area contributed by atoms with Gasteiger partial charge in [0, 0.05) is 27.8 Å². The van der Waals surface area contributed by atoms with E-state index in [0.717, 1.165) is 36.3 Å². The Morgan fingerprint density at radius 2 is 1.45 bits per heavy atom. The Balaban J connectivity index is 1.45. The highest BCUT2D eigenvalue weighted by Crippen LogP contribution is 2.26. The molecule has 2 aromatic rings. The summed E-state index contributed by atoms with van der Waals surface area (Å²) in [5.74, 6) is -0.163. The maximum atomic E-state index is 12.3. The van der Waals surface area contributed by atoms with Gasteiger partial charge in [-0.05, 0) is 61.4 Å². The van der Waals surface area contributed by atoms with Crippen molar-refractivity contribution in [2.24, 2.45) is 11.7 Å². The van der Waals surface area contributed by atoms with Crippen LogP contribution >= 0.6 is 11.8 Å². The summed E-state index contributed by atoms with van der Waals surface area (Å²) in [5, 5.41) is 5.77. The van der Waals surface area contributed by atoms with Crippen LogP contribution in [0.3, 0.4) is 0 Å². The number of carbonyl (C=O) groups is 3. The Morgan fingerprint density at radius 1 is 0.862 bits per heavy atom. The molecule has 1 aliphatic rings. The molecule has 0 aliphatic heterocycles. The van der Waals surface area contributed by atoms with Gasteiger partial charge in [0.15, 0.2) is 0 Å². The number of benzene rings is 2. The van der Waals surface area contributed by atoms with Gasteiger partial charge in [-0.25, -0.2) is 0 Å². The molecule has 152 valence electrons. The van der Waals surface area contributed by atoms with Crippen molar-refractivity contribution in [2.45, 2.75) is 37.0 Å². The highest BCUT2D eigenvalue weighted by molar-refractivity contribution is 8.00. The molecule has 0 unspecified atom stereocenters. The maximum absolute atomic E-state index is 12.3. The molecule has 0 aromatic heterocycles. The second-order valence-corrected chi connectivity index (χ2v) is 8.18. The van der Waals surface area contributed by atoms with Crippen LogP contribution in [-0.4, -0.2) is 23.5 Å². The topological polar surface area (TPSA) is 101 Å². The molecule has 1 aliphatic carbocycles. The smallest absolute Gasteiger partial charge is 0.248 e. The summed E-state index contributed by atoms with van der Waals surface area (Å²) in [4.78, 5) is 36.4. The predicted molar refractivity (Wildman–Crippen MR) is 116 cm³/mol. The van der Waals surface area contributed by atoms with E-state index in [1.165, 1.54) is 18.2 Å². The number of thioether (sulfide) groups is 1. The summed E-state index contributed by atoms with van der Waals surface area (Å²) in [6.07, 6.45) is 5.43. The van der Waals surface area contributed by atoms with Gasteiger partial charge < -0.3 is 16.4 Å². The van der Waals surface area contributed by atoms with Gasteiger partial charge in [-0.1, -0.05) is 19.3 Å². The molecule has 1 saturated carbocycles. The Kier molecular flexibility index (Phi) is 7.30. The number of primary amides is 1. The van der Waals surface area contributed by atoms with Gasteiger partial charge in [0.05, 0.1) is 5.75 Å². The highest BCUT2D eigenvalue weighted by Gasteiger charge is 2.20. The second-order valence-electron chi connectivity index (χ2n) is 7.13. The molecule has 1 fully saturated rings. The number of nitrogens with two attached hydrogens (primary N) is 1. The number of anilines is 2. The number of amides is 3. The SMILES string of the molecule is NC(=O)c1ccc(NC(=O)CSc2ccc(NC(=O)C3CCCCC3)cc2)cc1. The summed E-state index contributed by atoms with van der Waals surface area (Å²) in [6, 6.07) is 14.0. The van der Waals surface area contributed by atoms with Gasteiger partial charge in [0.1, 0.15) is 0 Å². The minimum absolute atomic E-state index is 0.104. The fraction of sp³-hybridized carbons (Fsp3) is 0.318. The summed E-state index contributed by atoms with van der Waals surface area (Å²) in [6.45, 7) is 0. The van der Waals surface area contributed by atoms with Gasteiger partial charge in [0.25, 0.3) is 0 Å². The lowest BCUT2D eigenvalue weighted by Crippen LogP contribution is -2.24. The minimum Gasteiger partial charge on any atom is -0.366 e. The first-order chi connectivity index (χ1) is 14.0. The van der Waals surface area contributed by atoms with Crippen molar-refractivity contribution >= 4 is 40.9 Å². The number of carbonyl (C=O) groups excluding carboxylic acids is 3. The Labute approximate surface area is 174 Å². The zero-order chi connectivity index (χ0) is 20.6. The van der Waals surface area contributed by atoms with Gasteiger partial charge in [0.2, 0.25) is 17.7 Å². The molecule has 0 heterocycles.